The summed E-state index contributed by atoms with van der Waals surface area (Å²) >= 11 is 0. The third-order valence-electron chi connectivity index (χ3n) is 3.99. The van der Waals surface area contributed by atoms with E-state index in [9.17, 15) is 0 Å². The van der Waals surface area contributed by atoms with Crippen molar-refractivity contribution in [2.75, 3.05) is 0 Å². The van der Waals surface area contributed by atoms with Gasteiger partial charge < -0.3 is 4.42 Å². The molecule has 0 bridgehead atoms. The number of hydrogen-bond acceptors (Lipinski definition) is 4. The van der Waals surface area contributed by atoms with E-state index in [0.29, 0.717) is 11.8 Å². The molecule has 3 aromatic rings. The van der Waals surface area contributed by atoms with Gasteiger partial charge in [0, 0.05) is 11.6 Å². The van der Waals surface area contributed by atoms with E-state index in [4.69, 9.17) is 4.42 Å². The second-order valence-corrected chi connectivity index (χ2v) is 5.78. The average molecular weight is 307 g/mol. The van der Waals surface area contributed by atoms with Crippen LogP contribution in [0, 0.1) is 6.92 Å². The molecule has 1 heterocycles. The van der Waals surface area contributed by atoms with Gasteiger partial charge in [-0.1, -0.05) is 42.5 Å². The predicted molar refractivity (Wildman–Crippen MR) is 90.9 cm³/mol. The minimum atomic E-state index is -0.0189. The zero-order valence-corrected chi connectivity index (χ0v) is 13.7. The lowest BCUT2D eigenvalue weighted by Gasteiger charge is -2.19. The Morgan fingerprint density at radius 1 is 0.870 bits per heavy atom. The van der Waals surface area contributed by atoms with Crippen molar-refractivity contribution in [3.05, 3.63) is 71.6 Å². The molecule has 4 heteroatoms. The summed E-state index contributed by atoms with van der Waals surface area (Å²) in [6.07, 6.45) is 0. The molecular weight excluding hydrogens is 286 g/mol. The van der Waals surface area contributed by atoms with Crippen molar-refractivity contribution in [3.8, 4) is 11.5 Å². The maximum atomic E-state index is 5.81. The number of aromatic nitrogens is 2. The summed E-state index contributed by atoms with van der Waals surface area (Å²) in [5.41, 5.74) is 3.49. The van der Waals surface area contributed by atoms with Gasteiger partial charge in [0.2, 0.25) is 11.8 Å². The smallest absolute Gasteiger partial charge is 0.247 e. The van der Waals surface area contributed by atoms with Gasteiger partial charge >= 0.3 is 0 Å². The second-order valence-electron chi connectivity index (χ2n) is 5.78. The Labute approximate surface area is 136 Å². The lowest BCUT2D eigenvalue weighted by Crippen LogP contribution is -2.23. The van der Waals surface area contributed by atoms with Crippen LogP contribution in [0.2, 0.25) is 0 Å². The van der Waals surface area contributed by atoms with Gasteiger partial charge in [0.05, 0.1) is 6.04 Å². The van der Waals surface area contributed by atoms with Crippen LogP contribution in [0.3, 0.4) is 0 Å². The van der Waals surface area contributed by atoms with Crippen LogP contribution in [0.4, 0.5) is 0 Å². The summed E-state index contributed by atoms with van der Waals surface area (Å²) in [5.74, 6) is 1.15. The maximum Gasteiger partial charge on any atom is 0.247 e. The second kappa shape index (κ2) is 6.75. The quantitative estimate of drug-likeness (QED) is 0.756. The normalized spacial score (nSPS) is 13.7. The van der Waals surface area contributed by atoms with Crippen LogP contribution in [0.5, 0.6) is 0 Å². The standard InChI is InChI=1S/C19H21N3O/c1-13-9-7-8-12-17(13)14(2)20-15(3)18-21-22-19(23-18)16-10-5-4-6-11-16/h4-12,14-15,20H,1-3H3/t14-,15+/m0/s1. The predicted octanol–water partition coefficient (Wildman–Crippen LogP) is 4.46. The molecule has 0 saturated carbocycles. The summed E-state index contributed by atoms with van der Waals surface area (Å²) in [6, 6.07) is 18.4. The molecule has 0 aliphatic heterocycles. The lowest BCUT2D eigenvalue weighted by molar-refractivity contribution is 0.394. The molecule has 0 fully saturated rings. The van der Waals surface area contributed by atoms with Gasteiger partial charge in [0.1, 0.15) is 0 Å². The molecule has 23 heavy (non-hydrogen) atoms. The fourth-order valence-electron chi connectivity index (χ4n) is 2.72. The van der Waals surface area contributed by atoms with Crippen LogP contribution in [-0.4, -0.2) is 10.2 Å². The minimum Gasteiger partial charge on any atom is -0.419 e. The molecule has 2 atom stereocenters. The highest BCUT2D eigenvalue weighted by atomic mass is 16.4. The van der Waals surface area contributed by atoms with Crippen molar-refractivity contribution in [1.82, 2.24) is 15.5 Å². The molecule has 0 aliphatic rings. The topological polar surface area (TPSA) is 51.0 Å². The molecule has 0 aliphatic carbocycles. The highest BCUT2D eigenvalue weighted by Crippen LogP contribution is 2.23. The number of benzene rings is 2. The Hall–Kier alpha value is -2.46. The molecule has 1 N–H and O–H groups in total. The number of nitrogens with one attached hydrogen (secondary N) is 1. The van der Waals surface area contributed by atoms with E-state index in [1.165, 1.54) is 11.1 Å². The van der Waals surface area contributed by atoms with Crippen LogP contribution < -0.4 is 5.32 Å². The van der Waals surface area contributed by atoms with E-state index >= 15 is 0 Å². The summed E-state index contributed by atoms with van der Waals surface area (Å²) < 4.78 is 5.81. The van der Waals surface area contributed by atoms with Crippen molar-refractivity contribution in [2.45, 2.75) is 32.9 Å². The maximum absolute atomic E-state index is 5.81. The monoisotopic (exact) mass is 307 g/mol. The minimum absolute atomic E-state index is 0.0189. The Balaban J connectivity index is 1.73. The molecule has 2 aromatic carbocycles. The van der Waals surface area contributed by atoms with Gasteiger partial charge in [-0.05, 0) is 44.0 Å². The summed E-state index contributed by atoms with van der Waals surface area (Å²) in [7, 11) is 0. The van der Waals surface area contributed by atoms with Crippen LogP contribution >= 0.6 is 0 Å². The molecule has 1 aromatic heterocycles. The number of rotatable bonds is 5. The van der Waals surface area contributed by atoms with Gasteiger partial charge in [-0.3, -0.25) is 5.32 Å². The molecule has 0 radical (unpaired) electrons. The van der Waals surface area contributed by atoms with E-state index in [-0.39, 0.29) is 12.1 Å². The highest BCUT2D eigenvalue weighted by Gasteiger charge is 2.18. The Morgan fingerprint density at radius 3 is 2.30 bits per heavy atom. The SMILES string of the molecule is Cc1ccccc1[C@H](C)N[C@H](C)c1nnc(-c2ccccc2)o1. The Morgan fingerprint density at radius 2 is 1.57 bits per heavy atom. The first-order valence-corrected chi connectivity index (χ1v) is 7.85. The van der Waals surface area contributed by atoms with Gasteiger partial charge in [0.25, 0.3) is 0 Å². The van der Waals surface area contributed by atoms with Crippen molar-refractivity contribution < 1.29 is 4.42 Å². The fourth-order valence-corrected chi connectivity index (χ4v) is 2.72. The van der Waals surface area contributed by atoms with Gasteiger partial charge in [-0.25, -0.2) is 0 Å². The zero-order valence-electron chi connectivity index (χ0n) is 13.7. The van der Waals surface area contributed by atoms with Crippen LogP contribution in [0.1, 0.15) is 42.9 Å². The Kier molecular flexibility index (Phi) is 4.53. The molecule has 0 unspecified atom stereocenters. The zero-order chi connectivity index (χ0) is 16.2. The fraction of sp³-hybridized carbons (Fsp3) is 0.263. The first kappa shape index (κ1) is 15.4. The first-order chi connectivity index (χ1) is 11.1. The first-order valence-electron chi connectivity index (χ1n) is 7.85. The van der Waals surface area contributed by atoms with Crippen LogP contribution in [-0.2, 0) is 0 Å². The van der Waals surface area contributed by atoms with Gasteiger partial charge in [0.15, 0.2) is 0 Å². The lowest BCUT2D eigenvalue weighted by atomic mass is 10.0. The van der Waals surface area contributed by atoms with E-state index in [1.54, 1.807) is 0 Å². The van der Waals surface area contributed by atoms with Crippen molar-refractivity contribution in [3.63, 3.8) is 0 Å². The van der Waals surface area contributed by atoms with Crippen molar-refractivity contribution in [1.29, 1.82) is 0 Å². The molecule has 0 spiro atoms. The third kappa shape index (κ3) is 3.48. The molecule has 4 nitrogen and oxygen atoms in total. The van der Waals surface area contributed by atoms with E-state index in [2.05, 4.69) is 53.6 Å². The van der Waals surface area contributed by atoms with Gasteiger partial charge in [-0.2, -0.15) is 0 Å². The number of hydrogen-bond donors (Lipinski definition) is 1. The van der Waals surface area contributed by atoms with Gasteiger partial charge in [-0.15, -0.1) is 10.2 Å². The largest absolute Gasteiger partial charge is 0.419 e. The number of nitrogens with zero attached hydrogens (tertiary/aromatic N) is 2. The summed E-state index contributed by atoms with van der Waals surface area (Å²) in [6.45, 7) is 6.31. The summed E-state index contributed by atoms with van der Waals surface area (Å²) in [5, 5.41) is 11.9. The third-order valence-corrected chi connectivity index (χ3v) is 3.99. The Bertz CT molecular complexity index is 767. The van der Waals surface area contributed by atoms with Crippen LogP contribution in [0.25, 0.3) is 11.5 Å². The van der Waals surface area contributed by atoms with E-state index in [1.807, 2.05) is 37.3 Å². The van der Waals surface area contributed by atoms with Crippen LogP contribution in [0.15, 0.2) is 59.0 Å². The van der Waals surface area contributed by atoms with E-state index < -0.39 is 0 Å². The van der Waals surface area contributed by atoms with Crippen molar-refractivity contribution >= 4 is 0 Å². The average Bonchev–Trinajstić information content (AvgIpc) is 3.06. The number of aryl methyl sites for hydroxylation is 1. The highest BCUT2D eigenvalue weighted by molar-refractivity contribution is 5.51. The molecule has 118 valence electrons. The molecule has 0 saturated heterocycles. The van der Waals surface area contributed by atoms with Crippen molar-refractivity contribution in [2.24, 2.45) is 0 Å². The molecular formula is C19H21N3O. The molecule has 3 rings (SSSR count). The summed E-state index contributed by atoms with van der Waals surface area (Å²) in [4.78, 5) is 0. The molecule has 0 amide bonds. The van der Waals surface area contributed by atoms with E-state index in [0.717, 1.165) is 5.56 Å².